The second-order valence-electron chi connectivity index (χ2n) is 5.07. The summed E-state index contributed by atoms with van der Waals surface area (Å²) in [5, 5.41) is 15.2. The van der Waals surface area contributed by atoms with Crippen molar-refractivity contribution < 1.29 is 9.66 Å². The molecule has 3 aromatic rings. The Morgan fingerprint density at radius 1 is 1.17 bits per heavy atom. The van der Waals surface area contributed by atoms with E-state index >= 15 is 0 Å². The largest absolute Gasteiger partial charge is 0.488 e. The van der Waals surface area contributed by atoms with Gasteiger partial charge in [0.2, 0.25) is 0 Å². The number of ether oxygens (including phenoxy) is 1. The van der Waals surface area contributed by atoms with Crippen LogP contribution in [0.3, 0.4) is 0 Å². The highest BCUT2D eigenvalue weighted by molar-refractivity contribution is 5.48. The Labute approximate surface area is 133 Å². The predicted octanol–water partition coefficient (Wildman–Crippen LogP) is 3.67. The highest BCUT2D eigenvalue weighted by atomic mass is 16.6. The predicted molar refractivity (Wildman–Crippen MR) is 85.7 cm³/mol. The maximum atomic E-state index is 10.9. The van der Waals surface area contributed by atoms with Gasteiger partial charge in [0.1, 0.15) is 12.4 Å². The van der Waals surface area contributed by atoms with Gasteiger partial charge in [-0.05, 0) is 25.1 Å². The maximum Gasteiger partial charge on any atom is 0.276 e. The van der Waals surface area contributed by atoms with Crippen LogP contribution in [0.2, 0.25) is 0 Å². The van der Waals surface area contributed by atoms with Crippen molar-refractivity contribution in [1.29, 1.82) is 0 Å². The summed E-state index contributed by atoms with van der Waals surface area (Å²) in [7, 11) is 0. The van der Waals surface area contributed by atoms with Gasteiger partial charge < -0.3 is 4.74 Å². The molecule has 2 aromatic carbocycles. The molecule has 1 heterocycles. The summed E-state index contributed by atoms with van der Waals surface area (Å²) < 4.78 is 7.47. The van der Waals surface area contributed by atoms with E-state index in [1.54, 1.807) is 29.9 Å². The standard InChI is InChI=1S/C17H15N3O3/c1-13-16(20(21)22)8-5-9-17(13)23-12-14-10-18-19(11-14)15-6-3-2-4-7-15/h2-11H,12H2,1H3. The molecule has 0 amide bonds. The number of benzene rings is 2. The SMILES string of the molecule is Cc1c(OCc2cnn(-c3ccccc3)c2)cccc1[N+](=O)[O-]. The zero-order valence-corrected chi connectivity index (χ0v) is 12.5. The average molecular weight is 309 g/mol. The number of hydrogen-bond donors (Lipinski definition) is 0. The van der Waals surface area contributed by atoms with Crippen molar-refractivity contribution in [2.45, 2.75) is 13.5 Å². The van der Waals surface area contributed by atoms with Crippen LogP contribution in [0.1, 0.15) is 11.1 Å². The van der Waals surface area contributed by atoms with Gasteiger partial charge >= 0.3 is 0 Å². The molecule has 0 aliphatic rings. The van der Waals surface area contributed by atoms with Crippen molar-refractivity contribution in [1.82, 2.24) is 9.78 Å². The van der Waals surface area contributed by atoms with E-state index in [9.17, 15) is 10.1 Å². The van der Waals surface area contributed by atoms with Gasteiger partial charge in [0.05, 0.1) is 22.4 Å². The first-order valence-electron chi connectivity index (χ1n) is 7.11. The first-order chi connectivity index (χ1) is 11.1. The summed E-state index contributed by atoms with van der Waals surface area (Å²) in [6.07, 6.45) is 3.60. The van der Waals surface area contributed by atoms with E-state index in [-0.39, 0.29) is 5.69 Å². The Bertz CT molecular complexity index is 828. The first-order valence-corrected chi connectivity index (χ1v) is 7.11. The molecule has 6 heteroatoms. The van der Waals surface area contributed by atoms with Crippen LogP contribution in [0.5, 0.6) is 5.75 Å². The fourth-order valence-electron chi connectivity index (χ4n) is 2.27. The summed E-state index contributed by atoms with van der Waals surface area (Å²) in [6, 6.07) is 14.6. The summed E-state index contributed by atoms with van der Waals surface area (Å²) in [6.45, 7) is 1.98. The zero-order valence-electron chi connectivity index (χ0n) is 12.5. The molecule has 23 heavy (non-hydrogen) atoms. The molecule has 0 N–H and O–H groups in total. The van der Waals surface area contributed by atoms with Crippen LogP contribution in [0, 0.1) is 17.0 Å². The van der Waals surface area contributed by atoms with Crippen LogP contribution in [0.15, 0.2) is 60.9 Å². The normalized spacial score (nSPS) is 10.5. The fraction of sp³-hybridized carbons (Fsp3) is 0.118. The quantitative estimate of drug-likeness (QED) is 0.532. The molecule has 6 nitrogen and oxygen atoms in total. The van der Waals surface area contributed by atoms with Crippen LogP contribution < -0.4 is 4.74 Å². The van der Waals surface area contributed by atoms with Gasteiger partial charge in [-0.15, -0.1) is 0 Å². The fourth-order valence-corrected chi connectivity index (χ4v) is 2.27. The minimum Gasteiger partial charge on any atom is -0.488 e. The number of aromatic nitrogens is 2. The molecular weight excluding hydrogens is 294 g/mol. The molecule has 0 spiro atoms. The molecule has 0 bridgehead atoms. The summed E-state index contributed by atoms with van der Waals surface area (Å²) in [5.41, 5.74) is 2.43. The molecule has 0 aliphatic carbocycles. The Balaban J connectivity index is 1.74. The Morgan fingerprint density at radius 3 is 2.70 bits per heavy atom. The van der Waals surface area contributed by atoms with Crippen LogP contribution >= 0.6 is 0 Å². The van der Waals surface area contributed by atoms with Crippen molar-refractivity contribution in [3.05, 3.63) is 82.2 Å². The van der Waals surface area contributed by atoms with E-state index in [1.807, 2.05) is 36.5 Å². The van der Waals surface area contributed by atoms with Crippen molar-refractivity contribution in [3.63, 3.8) is 0 Å². The summed E-state index contributed by atoms with van der Waals surface area (Å²) in [4.78, 5) is 10.5. The second-order valence-corrected chi connectivity index (χ2v) is 5.07. The number of nitrogens with zero attached hydrogens (tertiary/aromatic N) is 3. The number of rotatable bonds is 5. The molecule has 0 unspecified atom stereocenters. The van der Waals surface area contributed by atoms with Gasteiger partial charge in [-0.1, -0.05) is 24.3 Å². The smallest absolute Gasteiger partial charge is 0.276 e. The third-order valence-electron chi connectivity index (χ3n) is 3.50. The zero-order chi connectivity index (χ0) is 16.2. The van der Waals surface area contributed by atoms with Crippen molar-refractivity contribution >= 4 is 5.69 Å². The van der Waals surface area contributed by atoms with E-state index < -0.39 is 4.92 Å². The van der Waals surface area contributed by atoms with Crippen molar-refractivity contribution in [2.24, 2.45) is 0 Å². The van der Waals surface area contributed by atoms with E-state index in [4.69, 9.17) is 4.74 Å². The van der Waals surface area contributed by atoms with Crippen LogP contribution in [0.25, 0.3) is 5.69 Å². The number of nitro groups is 1. The molecule has 0 radical (unpaired) electrons. The van der Waals surface area contributed by atoms with Gasteiger partial charge in [0.15, 0.2) is 0 Å². The van der Waals surface area contributed by atoms with Crippen molar-refractivity contribution in [2.75, 3.05) is 0 Å². The van der Waals surface area contributed by atoms with E-state index in [1.165, 1.54) is 6.07 Å². The van der Waals surface area contributed by atoms with Gasteiger partial charge in [0.25, 0.3) is 5.69 Å². The van der Waals surface area contributed by atoms with Crippen LogP contribution in [-0.2, 0) is 6.61 Å². The third kappa shape index (κ3) is 3.21. The molecule has 116 valence electrons. The highest BCUT2D eigenvalue weighted by Crippen LogP contribution is 2.27. The summed E-state index contributed by atoms with van der Waals surface area (Å²) >= 11 is 0. The lowest BCUT2D eigenvalue weighted by molar-refractivity contribution is -0.385. The molecule has 0 atom stereocenters. The number of para-hydroxylation sites is 1. The topological polar surface area (TPSA) is 70.2 Å². The molecule has 0 saturated carbocycles. The van der Waals surface area contributed by atoms with E-state index in [2.05, 4.69) is 5.10 Å². The number of hydrogen-bond acceptors (Lipinski definition) is 4. The molecular formula is C17H15N3O3. The maximum absolute atomic E-state index is 10.9. The Kier molecular flexibility index (Phi) is 4.05. The molecule has 0 aliphatic heterocycles. The van der Waals surface area contributed by atoms with Crippen LogP contribution in [-0.4, -0.2) is 14.7 Å². The van der Waals surface area contributed by atoms with Gasteiger partial charge in [0, 0.05) is 17.8 Å². The lowest BCUT2D eigenvalue weighted by atomic mass is 10.2. The Hall–Kier alpha value is -3.15. The highest BCUT2D eigenvalue weighted by Gasteiger charge is 2.14. The number of nitro benzene ring substituents is 1. The van der Waals surface area contributed by atoms with Gasteiger partial charge in [-0.3, -0.25) is 10.1 Å². The molecule has 0 fully saturated rings. The molecule has 3 rings (SSSR count). The van der Waals surface area contributed by atoms with Gasteiger partial charge in [-0.25, -0.2) is 4.68 Å². The first kappa shape index (κ1) is 14.8. The Morgan fingerprint density at radius 2 is 1.96 bits per heavy atom. The van der Waals surface area contributed by atoms with E-state index in [0.717, 1.165) is 11.3 Å². The molecule has 1 aromatic heterocycles. The monoisotopic (exact) mass is 309 g/mol. The molecule has 0 saturated heterocycles. The minimum absolute atomic E-state index is 0.0579. The lowest BCUT2D eigenvalue weighted by Gasteiger charge is -2.07. The average Bonchev–Trinajstić information content (AvgIpc) is 3.03. The minimum atomic E-state index is -0.407. The summed E-state index contributed by atoms with van der Waals surface area (Å²) in [5.74, 6) is 0.506. The lowest BCUT2D eigenvalue weighted by Crippen LogP contribution is -1.99. The van der Waals surface area contributed by atoms with E-state index in [0.29, 0.717) is 17.9 Å². The van der Waals surface area contributed by atoms with Crippen molar-refractivity contribution in [3.8, 4) is 11.4 Å². The second kappa shape index (κ2) is 6.31. The third-order valence-corrected chi connectivity index (χ3v) is 3.50. The van der Waals surface area contributed by atoms with Gasteiger partial charge in [-0.2, -0.15) is 5.10 Å². The van der Waals surface area contributed by atoms with Crippen LogP contribution in [0.4, 0.5) is 5.69 Å².